The number of hydrogen-bond donors (Lipinski definition) is 2. The summed E-state index contributed by atoms with van der Waals surface area (Å²) < 4.78 is 35.1. The Morgan fingerprint density at radius 1 is 1.57 bits per heavy atom. The van der Waals surface area contributed by atoms with E-state index >= 15 is 0 Å². The van der Waals surface area contributed by atoms with Crippen LogP contribution in [-0.4, -0.2) is 19.8 Å². The molecule has 14 heavy (non-hydrogen) atoms. The van der Waals surface area contributed by atoms with Crippen LogP contribution in [0.4, 0.5) is 10.1 Å². The van der Waals surface area contributed by atoms with Crippen LogP contribution in [0.25, 0.3) is 0 Å². The van der Waals surface area contributed by atoms with E-state index in [1.807, 2.05) is 0 Å². The second-order valence-corrected chi connectivity index (χ2v) is 3.01. The first-order valence-corrected chi connectivity index (χ1v) is 4.47. The fourth-order valence-electron chi connectivity index (χ4n) is 0.821. The van der Waals surface area contributed by atoms with Gasteiger partial charge in [0.05, 0.1) is 11.3 Å². The number of carboxylic acids is 1. The predicted molar refractivity (Wildman–Crippen MR) is 45.9 cm³/mol. The second kappa shape index (κ2) is 4.16. The largest absolute Gasteiger partial charge is 0.755 e. The Kier molecular flexibility index (Phi) is 3.15. The summed E-state index contributed by atoms with van der Waals surface area (Å²) in [5.74, 6) is -2.22. The Morgan fingerprint density at radius 3 is 2.64 bits per heavy atom. The lowest BCUT2D eigenvalue weighted by Gasteiger charge is -2.09. The normalized spacial score (nSPS) is 12.1. The molecule has 0 amide bonds. The Hall–Kier alpha value is -1.47. The standard InChI is InChI=1S/C7H6FNO4S/c8-5-3-4(7(10)11)1-2-6(5)9-14(12)13/h1-3,9H,(H,10,11)(H,12,13)/p-1. The van der Waals surface area contributed by atoms with Crippen LogP contribution in [0, 0.1) is 5.82 Å². The first-order valence-electron chi connectivity index (χ1n) is 3.39. The van der Waals surface area contributed by atoms with Crippen molar-refractivity contribution in [3.8, 4) is 0 Å². The van der Waals surface area contributed by atoms with E-state index in [0.717, 1.165) is 18.2 Å². The second-order valence-electron chi connectivity index (χ2n) is 2.34. The van der Waals surface area contributed by atoms with Gasteiger partial charge in [0.15, 0.2) is 0 Å². The van der Waals surface area contributed by atoms with Crippen LogP contribution in [0.1, 0.15) is 10.4 Å². The molecule has 0 radical (unpaired) electrons. The SMILES string of the molecule is O=C(O)c1ccc(NS(=O)[O-])c(F)c1. The molecule has 0 aromatic heterocycles. The third-order valence-corrected chi connectivity index (χ3v) is 1.80. The number of carboxylic acid groups (broad SMARTS) is 1. The fraction of sp³-hybridized carbons (Fsp3) is 0. The van der Waals surface area contributed by atoms with E-state index in [1.54, 1.807) is 4.72 Å². The number of benzene rings is 1. The molecule has 0 saturated carbocycles. The van der Waals surface area contributed by atoms with Crippen molar-refractivity contribution < 1.29 is 23.1 Å². The van der Waals surface area contributed by atoms with Crippen molar-refractivity contribution >= 4 is 22.9 Å². The van der Waals surface area contributed by atoms with Gasteiger partial charge in [0.2, 0.25) is 0 Å². The Bertz CT molecular complexity index is 395. The molecule has 2 N–H and O–H groups in total. The van der Waals surface area contributed by atoms with Crippen LogP contribution in [0.15, 0.2) is 18.2 Å². The van der Waals surface area contributed by atoms with E-state index in [2.05, 4.69) is 0 Å². The first kappa shape index (κ1) is 10.6. The number of anilines is 1. The van der Waals surface area contributed by atoms with Gasteiger partial charge in [-0.2, -0.15) is 0 Å². The fourth-order valence-corrected chi connectivity index (χ4v) is 1.17. The number of nitrogens with one attached hydrogen (secondary N) is 1. The van der Waals surface area contributed by atoms with E-state index in [1.165, 1.54) is 0 Å². The van der Waals surface area contributed by atoms with Crippen LogP contribution in [-0.2, 0) is 11.3 Å². The Morgan fingerprint density at radius 2 is 2.21 bits per heavy atom. The summed E-state index contributed by atoms with van der Waals surface area (Å²) in [6.07, 6.45) is 0. The van der Waals surface area contributed by atoms with Crippen LogP contribution < -0.4 is 4.72 Å². The zero-order valence-corrected chi connectivity index (χ0v) is 7.51. The topological polar surface area (TPSA) is 89.5 Å². The number of rotatable bonds is 3. The van der Waals surface area contributed by atoms with Crippen LogP contribution in [0.5, 0.6) is 0 Å². The molecule has 1 aromatic rings. The lowest BCUT2D eigenvalue weighted by Crippen LogP contribution is -2.05. The van der Waals surface area contributed by atoms with E-state index in [-0.39, 0.29) is 11.3 Å². The maximum atomic E-state index is 13.0. The van der Waals surface area contributed by atoms with Gasteiger partial charge in [-0.15, -0.1) is 0 Å². The van der Waals surface area contributed by atoms with Crippen molar-refractivity contribution in [2.24, 2.45) is 0 Å². The minimum atomic E-state index is -2.63. The van der Waals surface area contributed by atoms with Gasteiger partial charge < -0.3 is 14.4 Å². The van der Waals surface area contributed by atoms with Gasteiger partial charge in [0, 0.05) is 11.3 Å². The van der Waals surface area contributed by atoms with Crippen LogP contribution in [0.2, 0.25) is 0 Å². The van der Waals surface area contributed by atoms with Gasteiger partial charge in [-0.3, -0.25) is 4.21 Å². The van der Waals surface area contributed by atoms with E-state index in [9.17, 15) is 17.9 Å². The van der Waals surface area contributed by atoms with E-state index in [4.69, 9.17) is 5.11 Å². The van der Waals surface area contributed by atoms with Crippen LogP contribution in [0.3, 0.4) is 0 Å². The number of carbonyl (C=O) groups is 1. The summed E-state index contributed by atoms with van der Waals surface area (Å²) in [4.78, 5) is 10.4. The Balaban J connectivity index is 3.01. The maximum absolute atomic E-state index is 13.0. The molecule has 76 valence electrons. The molecular weight excluding hydrogens is 213 g/mol. The third-order valence-electron chi connectivity index (χ3n) is 1.41. The lowest BCUT2D eigenvalue weighted by atomic mass is 10.2. The summed E-state index contributed by atoms with van der Waals surface area (Å²) in [5.41, 5.74) is -0.534. The molecule has 5 nitrogen and oxygen atoms in total. The predicted octanol–water partition coefficient (Wildman–Crippen LogP) is 0.730. The molecule has 0 spiro atoms. The van der Waals surface area contributed by atoms with Gasteiger partial charge in [0.1, 0.15) is 5.82 Å². The van der Waals surface area contributed by atoms with Crippen molar-refractivity contribution in [1.82, 2.24) is 0 Å². The molecule has 0 aliphatic carbocycles. The summed E-state index contributed by atoms with van der Waals surface area (Å²) in [5, 5.41) is 8.47. The minimum absolute atomic E-state index is 0.246. The van der Waals surface area contributed by atoms with Crippen molar-refractivity contribution in [2.45, 2.75) is 0 Å². The zero-order valence-electron chi connectivity index (χ0n) is 6.69. The average Bonchev–Trinajstić information content (AvgIpc) is 2.07. The number of aromatic carboxylic acids is 1. The van der Waals surface area contributed by atoms with Gasteiger partial charge in [-0.1, -0.05) is 0 Å². The minimum Gasteiger partial charge on any atom is -0.755 e. The quantitative estimate of drug-likeness (QED) is 0.732. The molecular formula is C7H5FNO4S-. The van der Waals surface area contributed by atoms with E-state index < -0.39 is 23.1 Å². The molecule has 1 atom stereocenters. The smallest absolute Gasteiger partial charge is 0.335 e. The molecule has 0 aliphatic rings. The molecule has 0 fully saturated rings. The summed E-state index contributed by atoms with van der Waals surface area (Å²) in [6.45, 7) is 0. The maximum Gasteiger partial charge on any atom is 0.335 e. The number of halogens is 1. The van der Waals surface area contributed by atoms with E-state index in [0.29, 0.717) is 0 Å². The highest BCUT2D eigenvalue weighted by Gasteiger charge is 2.07. The van der Waals surface area contributed by atoms with Gasteiger partial charge in [-0.25, -0.2) is 9.18 Å². The monoisotopic (exact) mass is 218 g/mol. The van der Waals surface area contributed by atoms with Crippen molar-refractivity contribution in [3.63, 3.8) is 0 Å². The van der Waals surface area contributed by atoms with Crippen LogP contribution >= 0.6 is 0 Å². The van der Waals surface area contributed by atoms with Gasteiger partial charge in [0.25, 0.3) is 0 Å². The highest BCUT2D eigenvalue weighted by atomic mass is 32.2. The van der Waals surface area contributed by atoms with Crippen molar-refractivity contribution in [1.29, 1.82) is 0 Å². The molecule has 7 heteroatoms. The molecule has 1 unspecified atom stereocenters. The molecule has 0 aliphatic heterocycles. The Labute approximate surface area is 81.0 Å². The summed E-state index contributed by atoms with van der Waals surface area (Å²) in [7, 11) is 0. The summed E-state index contributed by atoms with van der Waals surface area (Å²) >= 11 is -2.63. The van der Waals surface area contributed by atoms with Crippen molar-refractivity contribution in [3.05, 3.63) is 29.6 Å². The zero-order chi connectivity index (χ0) is 10.7. The first-order chi connectivity index (χ1) is 6.50. The van der Waals surface area contributed by atoms with Gasteiger partial charge in [-0.05, 0) is 18.2 Å². The van der Waals surface area contributed by atoms with Crippen molar-refractivity contribution in [2.75, 3.05) is 4.72 Å². The summed E-state index contributed by atoms with van der Waals surface area (Å²) in [6, 6.07) is 2.87. The lowest BCUT2D eigenvalue weighted by molar-refractivity contribution is 0.0696. The molecule has 0 bridgehead atoms. The number of hydrogen-bond acceptors (Lipinski definition) is 3. The average molecular weight is 218 g/mol. The highest BCUT2D eigenvalue weighted by Crippen LogP contribution is 2.15. The molecule has 1 rings (SSSR count). The molecule has 0 heterocycles. The van der Waals surface area contributed by atoms with Gasteiger partial charge >= 0.3 is 5.97 Å². The molecule has 0 saturated heterocycles. The third kappa shape index (κ3) is 2.51. The highest BCUT2D eigenvalue weighted by molar-refractivity contribution is 7.80. The molecule has 1 aromatic carbocycles.